The Balaban J connectivity index is 2.41. The fourth-order valence-corrected chi connectivity index (χ4v) is 3.17. The van der Waals surface area contributed by atoms with Crippen molar-refractivity contribution in [2.75, 3.05) is 34.2 Å². The summed E-state index contributed by atoms with van der Waals surface area (Å²) in [5, 5.41) is 9.02. The molecule has 0 radical (unpaired) electrons. The molecule has 0 aliphatic rings. The average molecular weight is 325 g/mol. The summed E-state index contributed by atoms with van der Waals surface area (Å²) in [6.07, 6.45) is 1.18. The van der Waals surface area contributed by atoms with Crippen molar-refractivity contribution in [3.63, 3.8) is 0 Å². The Kier molecular flexibility index (Phi) is 8.49. The van der Waals surface area contributed by atoms with Gasteiger partial charge in [-0.15, -0.1) is 11.3 Å². The summed E-state index contributed by atoms with van der Waals surface area (Å²) < 4.78 is 0. The molecule has 2 N–H and O–H groups in total. The van der Waals surface area contributed by atoms with Gasteiger partial charge in [-0.25, -0.2) is 0 Å². The number of thiophene rings is 1. The molecule has 5 heteroatoms. The van der Waals surface area contributed by atoms with E-state index in [1.54, 1.807) is 0 Å². The second-order valence-corrected chi connectivity index (χ2v) is 7.48. The van der Waals surface area contributed by atoms with Crippen LogP contribution in [-0.2, 0) is 0 Å². The van der Waals surface area contributed by atoms with E-state index in [2.05, 4.69) is 72.9 Å². The van der Waals surface area contributed by atoms with Crippen molar-refractivity contribution in [1.82, 2.24) is 15.5 Å². The minimum absolute atomic E-state index is 0.499. The van der Waals surface area contributed by atoms with Gasteiger partial charge < -0.3 is 15.5 Å². The Morgan fingerprint density at radius 1 is 1.23 bits per heavy atom. The zero-order valence-electron chi connectivity index (χ0n) is 14.9. The number of hydrogen-bond donors (Lipinski definition) is 2. The van der Waals surface area contributed by atoms with Gasteiger partial charge in [0.1, 0.15) is 0 Å². The molecular formula is C17H32N4S. The van der Waals surface area contributed by atoms with E-state index in [1.807, 2.05) is 18.4 Å². The van der Waals surface area contributed by atoms with Crippen LogP contribution in [0, 0.1) is 5.92 Å². The first-order chi connectivity index (χ1) is 10.4. The maximum atomic E-state index is 4.33. The van der Waals surface area contributed by atoms with Crippen molar-refractivity contribution in [2.45, 2.75) is 39.2 Å². The van der Waals surface area contributed by atoms with Crippen molar-refractivity contribution in [2.24, 2.45) is 10.9 Å². The number of nitrogens with one attached hydrogen (secondary N) is 2. The minimum Gasteiger partial charge on any atom is -0.356 e. The third-order valence-corrected chi connectivity index (χ3v) is 4.91. The molecule has 4 nitrogen and oxygen atoms in total. The van der Waals surface area contributed by atoms with Gasteiger partial charge in [-0.1, -0.05) is 26.8 Å². The predicted molar refractivity (Wildman–Crippen MR) is 99.0 cm³/mol. The molecule has 126 valence electrons. The lowest BCUT2D eigenvalue weighted by Gasteiger charge is -2.27. The van der Waals surface area contributed by atoms with Gasteiger partial charge in [0, 0.05) is 37.0 Å². The number of guanidine groups is 1. The second-order valence-electron chi connectivity index (χ2n) is 6.50. The molecule has 1 rings (SSSR count). The number of nitrogens with zero attached hydrogens (tertiary/aromatic N) is 2. The third kappa shape index (κ3) is 6.79. The molecule has 1 aromatic rings. The van der Waals surface area contributed by atoms with Crippen molar-refractivity contribution < 1.29 is 0 Å². The molecule has 2 atom stereocenters. The standard InChI is InChI=1S/C17H32N4S/c1-13(2)10-15(21(5)6)12-20-17(18-4)19-11-14(3)16-8-7-9-22-16/h7-9,13-15H,10-12H2,1-6H3,(H2,18,19,20). The fourth-order valence-electron chi connectivity index (χ4n) is 2.38. The average Bonchev–Trinajstić information content (AvgIpc) is 2.99. The SMILES string of the molecule is CN=C(NCC(C)c1cccs1)NCC(CC(C)C)N(C)C. The molecule has 0 aromatic carbocycles. The van der Waals surface area contributed by atoms with Crippen LogP contribution in [0.3, 0.4) is 0 Å². The highest BCUT2D eigenvalue weighted by atomic mass is 32.1. The van der Waals surface area contributed by atoms with E-state index in [9.17, 15) is 0 Å². The molecule has 2 unspecified atom stereocenters. The van der Waals surface area contributed by atoms with E-state index in [1.165, 1.54) is 11.3 Å². The molecule has 0 spiro atoms. The highest BCUT2D eigenvalue weighted by Gasteiger charge is 2.14. The lowest BCUT2D eigenvalue weighted by atomic mass is 10.0. The molecule has 0 bridgehead atoms. The van der Waals surface area contributed by atoms with Crippen molar-refractivity contribution in [1.29, 1.82) is 0 Å². The summed E-state index contributed by atoms with van der Waals surface area (Å²) in [5.41, 5.74) is 0. The fraction of sp³-hybridized carbons (Fsp3) is 0.706. The summed E-state index contributed by atoms with van der Waals surface area (Å²) in [4.78, 5) is 8.03. The molecule has 0 saturated carbocycles. The number of rotatable bonds is 8. The minimum atomic E-state index is 0.499. The van der Waals surface area contributed by atoms with E-state index in [0.717, 1.165) is 19.0 Å². The van der Waals surface area contributed by atoms with Gasteiger partial charge in [-0.3, -0.25) is 4.99 Å². The lowest BCUT2D eigenvalue weighted by Crippen LogP contribution is -2.46. The summed E-state index contributed by atoms with van der Waals surface area (Å²) in [6, 6.07) is 4.82. The Morgan fingerprint density at radius 3 is 2.41 bits per heavy atom. The van der Waals surface area contributed by atoms with Crippen molar-refractivity contribution in [3.8, 4) is 0 Å². The van der Waals surface area contributed by atoms with E-state index in [0.29, 0.717) is 17.9 Å². The molecule has 1 aromatic heterocycles. The molecule has 0 aliphatic carbocycles. The Labute approximate surface area is 140 Å². The quantitative estimate of drug-likeness (QED) is 0.570. The summed E-state index contributed by atoms with van der Waals surface area (Å²) in [6.45, 7) is 8.60. The second kappa shape index (κ2) is 9.85. The van der Waals surface area contributed by atoms with E-state index in [-0.39, 0.29) is 0 Å². The number of likely N-dealkylation sites (N-methyl/N-ethyl adjacent to an activating group) is 1. The Bertz CT molecular complexity index is 426. The van der Waals surface area contributed by atoms with Crippen LogP contribution in [0.2, 0.25) is 0 Å². The molecule has 0 amide bonds. The van der Waals surface area contributed by atoms with E-state index >= 15 is 0 Å². The van der Waals surface area contributed by atoms with Crippen molar-refractivity contribution >= 4 is 17.3 Å². The molecule has 1 heterocycles. The van der Waals surface area contributed by atoms with Gasteiger partial charge in [0.2, 0.25) is 0 Å². The normalized spacial score (nSPS) is 15.2. The highest BCUT2D eigenvalue weighted by molar-refractivity contribution is 7.10. The lowest BCUT2D eigenvalue weighted by molar-refractivity contribution is 0.254. The van der Waals surface area contributed by atoms with Gasteiger partial charge in [0.05, 0.1) is 0 Å². The van der Waals surface area contributed by atoms with Gasteiger partial charge in [0.25, 0.3) is 0 Å². The monoisotopic (exact) mass is 324 g/mol. The van der Waals surface area contributed by atoms with Gasteiger partial charge >= 0.3 is 0 Å². The van der Waals surface area contributed by atoms with Gasteiger partial charge in [0.15, 0.2) is 5.96 Å². The zero-order chi connectivity index (χ0) is 16.5. The van der Waals surface area contributed by atoms with E-state index in [4.69, 9.17) is 0 Å². The first-order valence-electron chi connectivity index (χ1n) is 8.08. The smallest absolute Gasteiger partial charge is 0.191 e. The van der Waals surface area contributed by atoms with E-state index < -0.39 is 0 Å². The van der Waals surface area contributed by atoms with Crippen LogP contribution in [-0.4, -0.2) is 51.1 Å². The molecule has 22 heavy (non-hydrogen) atoms. The van der Waals surface area contributed by atoms with Crippen LogP contribution in [0.4, 0.5) is 0 Å². The van der Waals surface area contributed by atoms with Crippen LogP contribution in [0.25, 0.3) is 0 Å². The third-order valence-electron chi connectivity index (χ3n) is 3.81. The van der Waals surface area contributed by atoms with Crippen molar-refractivity contribution in [3.05, 3.63) is 22.4 Å². The first-order valence-corrected chi connectivity index (χ1v) is 8.96. The number of hydrogen-bond acceptors (Lipinski definition) is 3. The predicted octanol–water partition coefficient (Wildman–Crippen LogP) is 2.99. The maximum Gasteiger partial charge on any atom is 0.191 e. The van der Waals surface area contributed by atoms with Crippen LogP contribution in [0.1, 0.15) is 38.0 Å². The summed E-state index contributed by atoms with van der Waals surface area (Å²) >= 11 is 1.81. The van der Waals surface area contributed by atoms with Crippen LogP contribution >= 0.6 is 11.3 Å². The number of aliphatic imine (C=N–C) groups is 1. The molecule has 0 aliphatic heterocycles. The molecule has 0 saturated heterocycles. The van der Waals surface area contributed by atoms with Gasteiger partial charge in [-0.05, 0) is 37.9 Å². The maximum absolute atomic E-state index is 4.33. The van der Waals surface area contributed by atoms with Crippen LogP contribution in [0.5, 0.6) is 0 Å². The summed E-state index contributed by atoms with van der Waals surface area (Å²) in [5.74, 6) is 2.08. The van der Waals surface area contributed by atoms with Gasteiger partial charge in [-0.2, -0.15) is 0 Å². The molecular weight excluding hydrogens is 292 g/mol. The first kappa shape index (κ1) is 19.0. The summed E-state index contributed by atoms with van der Waals surface area (Å²) in [7, 11) is 6.12. The zero-order valence-corrected chi connectivity index (χ0v) is 15.7. The van der Waals surface area contributed by atoms with Crippen LogP contribution in [0.15, 0.2) is 22.5 Å². The van der Waals surface area contributed by atoms with Crippen LogP contribution < -0.4 is 10.6 Å². The Hall–Kier alpha value is -1.07. The topological polar surface area (TPSA) is 39.7 Å². The highest BCUT2D eigenvalue weighted by Crippen LogP contribution is 2.19. The largest absolute Gasteiger partial charge is 0.356 e. The molecule has 0 fully saturated rings. The Morgan fingerprint density at radius 2 is 1.91 bits per heavy atom.